The average molecular weight is 497 g/mol. The quantitative estimate of drug-likeness (QED) is 0.393. The standard InChI is InChI=1S/C28H36ClN3O3/c29-24-6-3-21(4-7-24)9-13-32-14-10-23(19-32)28(33)30-25(20-31-11-1-2-12-31)17-22-5-8-26-27(18-22)35-16-15-34-26/h3-8,18,23,25H,1-2,9-17,19-20H2,(H,30,33)/p-1/t23-,25?/m1/s1. The van der Waals surface area contributed by atoms with Crippen LogP contribution in [0.3, 0.4) is 0 Å². The number of hydrogen-bond acceptors (Lipinski definition) is 6. The van der Waals surface area contributed by atoms with Crippen LogP contribution < -0.4 is 14.6 Å². The third kappa shape index (κ3) is 6.69. The SMILES string of the molecule is [O-]C(=NC(Cc1ccc2c(c1)OCCO2)CN1CCCC1)[C@@H]1CCN(CCc2ccc(Cl)cc2)C1. The van der Waals surface area contributed by atoms with Crippen LogP contribution in [0.1, 0.15) is 30.4 Å². The molecule has 0 spiro atoms. The summed E-state index contributed by atoms with van der Waals surface area (Å²) in [6.07, 6.45) is 5.07. The fourth-order valence-electron chi connectivity index (χ4n) is 5.36. The highest BCUT2D eigenvalue weighted by molar-refractivity contribution is 6.30. The molecular weight excluding hydrogens is 462 g/mol. The van der Waals surface area contributed by atoms with Crippen LogP contribution in [0.5, 0.6) is 11.5 Å². The Morgan fingerprint density at radius 3 is 2.51 bits per heavy atom. The van der Waals surface area contributed by atoms with E-state index in [9.17, 15) is 5.11 Å². The third-order valence-electron chi connectivity index (χ3n) is 7.31. The van der Waals surface area contributed by atoms with E-state index in [-0.39, 0.29) is 17.9 Å². The first-order chi connectivity index (χ1) is 17.1. The minimum absolute atomic E-state index is 0.00145. The van der Waals surface area contributed by atoms with Gasteiger partial charge in [0.05, 0.1) is 6.04 Å². The van der Waals surface area contributed by atoms with Gasteiger partial charge in [0.15, 0.2) is 11.5 Å². The molecule has 7 heteroatoms. The van der Waals surface area contributed by atoms with Crippen LogP contribution in [-0.2, 0) is 12.8 Å². The van der Waals surface area contributed by atoms with Crippen LogP contribution >= 0.6 is 11.6 Å². The molecule has 2 aromatic rings. The molecule has 6 nitrogen and oxygen atoms in total. The van der Waals surface area contributed by atoms with Crippen LogP contribution in [0.2, 0.25) is 5.02 Å². The van der Waals surface area contributed by atoms with E-state index in [1.807, 2.05) is 18.2 Å². The second kappa shape index (κ2) is 11.6. The zero-order valence-corrected chi connectivity index (χ0v) is 21.1. The van der Waals surface area contributed by atoms with Crippen LogP contribution in [0.4, 0.5) is 0 Å². The molecular formula is C28H35ClN3O3-. The lowest BCUT2D eigenvalue weighted by molar-refractivity contribution is -0.224. The zero-order chi connectivity index (χ0) is 24.0. The smallest absolute Gasteiger partial charge is 0.161 e. The van der Waals surface area contributed by atoms with Crippen molar-refractivity contribution < 1.29 is 14.6 Å². The van der Waals surface area contributed by atoms with Crippen LogP contribution in [-0.4, -0.2) is 74.2 Å². The molecule has 2 aromatic carbocycles. The highest BCUT2D eigenvalue weighted by Gasteiger charge is 2.24. The number of hydrogen-bond donors (Lipinski definition) is 0. The van der Waals surface area contributed by atoms with Gasteiger partial charge in [-0.05, 0) is 93.0 Å². The predicted molar refractivity (Wildman–Crippen MR) is 138 cm³/mol. The molecule has 188 valence electrons. The Bertz CT molecular complexity index is 1010. The average Bonchev–Trinajstić information content (AvgIpc) is 3.56. The minimum atomic E-state index is -0.0359. The Morgan fingerprint density at radius 2 is 1.71 bits per heavy atom. The molecule has 0 radical (unpaired) electrons. The first kappa shape index (κ1) is 24.4. The van der Waals surface area contributed by atoms with Crippen LogP contribution in [0.15, 0.2) is 47.5 Å². The van der Waals surface area contributed by atoms with Gasteiger partial charge in [0.1, 0.15) is 13.2 Å². The van der Waals surface area contributed by atoms with Crippen molar-refractivity contribution in [1.29, 1.82) is 0 Å². The first-order valence-corrected chi connectivity index (χ1v) is 13.3. The maximum Gasteiger partial charge on any atom is 0.161 e. The van der Waals surface area contributed by atoms with Gasteiger partial charge in [0.2, 0.25) is 0 Å². The van der Waals surface area contributed by atoms with Gasteiger partial charge in [0, 0.05) is 30.6 Å². The molecule has 2 saturated heterocycles. The molecule has 0 N–H and O–H groups in total. The van der Waals surface area contributed by atoms with Gasteiger partial charge in [-0.25, -0.2) is 0 Å². The largest absolute Gasteiger partial charge is 0.862 e. The summed E-state index contributed by atoms with van der Waals surface area (Å²) in [6, 6.07) is 14.1. The molecule has 2 fully saturated rings. The number of halogens is 1. The van der Waals surface area contributed by atoms with Crippen molar-refractivity contribution >= 4 is 17.5 Å². The highest BCUT2D eigenvalue weighted by Crippen LogP contribution is 2.31. The van der Waals surface area contributed by atoms with Gasteiger partial charge < -0.3 is 29.4 Å². The van der Waals surface area contributed by atoms with Gasteiger partial charge in [-0.1, -0.05) is 29.8 Å². The molecule has 3 heterocycles. The summed E-state index contributed by atoms with van der Waals surface area (Å²) >= 11 is 6.00. The summed E-state index contributed by atoms with van der Waals surface area (Å²) in [6.45, 7) is 6.92. The summed E-state index contributed by atoms with van der Waals surface area (Å²) < 4.78 is 11.4. The minimum Gasteiger partial charge on any atom is -0.862 e. The molecule has 0 amide bonds. The maximum atomic E-state index is 13.2. The van der Waals surface area contributed by atoms with Crippen molar-refractivity contribution in [3.8, 4) is 11.5 Å². The monoisotopic (exact) mass is 496 g/mol. The normalized spacial score (nSPS) is 22.0. The van der Waals surface area contributed by atoms with Crippen molar-refractivity contribution in [2.45, 2.75) is 38.1 Å². The summed E-state index contributed by atoms with van der Waals surface area (Å²) in [4.78, 5) is 9.64. The lowest BCUT2D eigenvalue weighted by atomic mass is 10.0. The molecule has 3 aliphatic rings. The second-order valence-corrected chi connectivity index (χ2v) is 10.4. The van der Waals surface area contributed by atoms with Crippen molar-refractivity contribution in [3.05, 3.63) is 58.6 Å². The molecule has 0 bridgehead atoms. The Balaban J connectivity index is 1.21. The molecule has 2 atom stereocenters. The van der Waals surface area contributed by atoms with E-state index in [1.54, 1.807) is 0 Å². The fraction of sp³-hybridized carbons (Fsp3) is 0.536. The molecule has 1 unspecified atom stereocenters. The molecule has 3 aliphatic heterocycles. The molecule has 5 rings (SSSR count). The Morgan fingerprint density at radius 1 is 0.971 bits per heavy atom. The third-order valence-corrected chi connectivity index (χ3v) is 7.56. The lowest BCUT2D eigenvalue weighted by Crippen LogP contribution is -2.36. The van der Waals surface area contributed by atoms with E-state index in [4.69, 9.17) is 26.1 Å². The van der Waals surface area contributed by atoms with E-state index in [2.05, 4.69) is 34.1 Å². The topological polar surface area (TPSA) is 60.4 Å². The van der Waals surface area contributed by atoms with Gasteiger partial charge in [-0.2, -0.15) is 0 Å². The van der Waals surface area contributed by atoms with Crippen LogP contribution in [0, 0.1) is 5.92 Å². The Kier molecular flexibility index (Phi) is 8.12. The zero-order valence-electron chi connectivity index (χ0n) is 20.3. The number of ether oxygens (including phenoxy) is 2. The van der Waals surface area contributed by atoms with E-state index >= 15 is 0 Å². The Hall–Kier alpha value is -2.28. The van der Waals surface area contributed by atoms with Crippen molar-refractivity contribution in [2.75, 3.05) is 52.5 Å². The summed E-state index contributed by atoms with van der Waals surface area (Å²) in [7, 11) is 0. The number of likely N-dealkylation sites (tertiary alicyclic amines) is 2. The van der Waals surface area contributed by atoms with Gasteiger partial charge >= 0.3 is 0 Å². The summed E-state index contributed by atoms with van der Waals surface area (Å²) in [5.41, 5.74) is 2.42. The van der Waals surface area contributed by atoms with E-state index < -0.39 is 0 Å². The van der Waals surface area contributed by atoms with Crippen molar-refractivity contribution in [1.82, 2.24) is 9.80 Å². The van der Waals surface area contributed by atoms with Gasteiger partial charge in [-0.15, -0.1) is 0 Å². The maximum absolute atomic E-state index is 13.2. The number of nitrogens with zero attached hydrogens (tertiary/aromatic N) is 3. The predicted octanol–water partition coefficient (Wildman–Crippen LogP) is 3.44. The fourth-order valence-corrected chi connectivity index (χ4v) is 5.49. The number of benzene rings is 2. The summed E-state index contributed by atoms with van der Waals surface area (Å²) in [5, 5.41) is 14.0. The molecule has 0 saturated carbocycles. The Labute approximate surface area is 213 Å². The van der Waals surface area contributed by atoms with Gasteiger partial charge in [0.25, 0.3) is 0 Å². The second-order valence-electron chi connectivity index (χ2n) is 9.97. The van der Waals surface area contributed by atoms with E-state index in [1.165, 1.54) is 18.4 Å². The molecule has 0 aromatic heterocycles. The van der Waals surface area contributed by atoms with Crippen LogP contribution in [0.25, 0.3) is 0 Å². The number of rotatable bonds is 9. The van der Waals surface area contributed by atoms with Crippen molar-refractivity contribution in [2.24, 2.45) is 10.9 Å². The van der Waals surface area contributed by atoms with E-state index in [0.29, 0.717) is 13.2 Å². The van der Waals surface area contributed by atoms with Gasteiger partial charge in [-0.3, -0.25) is 0 Å². The first-order valence-electron chi connectivity index (χ1n) is 12.9. The molecule has 0 aliphatic carbocycles. The van der Waals surface area contributed by atoms with Crippen molar-refractivity contribution in [3.63, 3.8) is 0 Å². The number of fused-ring (bicyclic) bond motifs is 1. The summed E-state index contributed by atoms with van der Waals surface area (Å²) in [5.74, 6) is 1.67. The molecule has 35 heavy (non-hydrogen) atoms. The number of aliphatic imine (C=N–C) groups is 1. The van der Waals surface area contributed by atoms with E-state index in [0.717, 1.165) is 80.6 Å². The lowest BCUT2D eigenvalue weighted by Gasteiger charge is -2.26. The highest BCUT2D eigenvalue weighted by atomic mass is 35.5.